The molecule has 0 saturated carbocycles. The van der Waals surface area contributed by atoms with Crippen LogP contribution in [0.4, 0.5) is 0 Å². The number of rotatable bonds is 18. The van der Waals surface area contributed by atoms with Crippen molar-refractivity contribution in [3.05, 3.63) is 36.5 Å². The molecule has 0 aromatic heterocycles. The van der Waals surface area contributed by atoms with Gasteiger partial charge in [0.25, 0.3) is 0 Å². The highest BCUT2D eigenvalue weighted by Crippen LogP contribution is 2.29. The number of allylic oxidation sites excluding steroid dienone is 4. The first-order chi connectivity index (χ1) is 15.0. The van der Waals surface area contributed by atoms with Gasteiger partial charge in [0.2, 0.25) is 0 Å². The Labute approximate surface area is 187 Å². The fourth-order valence-electron chi connectivity index (χ4n) is 2.96. The fraction of sp³-hybridized carbons (Fsp3) is 0.680. The van der Waals surface area contributed by atoms with Gasteiger partial charge in [0.15, 0.2) is 0 Å². The summed E-state index contributed by atoms with van der Waals surface area (Å²) >= 11 is 0. The summed E-state index contributed by atoms with van der Waals surface area (Å²) in [7, 11) is 0. The van der Waals surface area contributed by atoms with Crippen LogP contribution in [0.25, 0.3) is 0 Å². The molecule has 1 rings (SSSR count). The number of aliphatic hydroxyl groups excluding tert-OH is 1. The second-order valence-corrected chi connectivity index (χ2v) is 7.86. The molecule has 0 aliphatic carbocycles. The number of hydrogen-bond donors (Lipinski definition) is 1. The normalized spacial score (nSPS) is 19.3. The Kier molecular flexibility index (Phi) is 15.5. The highest BCUT2D eigenvalue weighted by atomic mass is 16.6. The van der Waals surface area contributed by atoms with E-state index in [0.717, 1.165) is 25.7 Å². The molecule has 0 bridgehead atoms. The molecule has 0 aromatic carbocycles. The van der Waals surface area contributed by atoms with Gasteiger partial charge >= 0.3 is 11.9 Å². The summed E-state index contributed by atoms with van der Waals surface area (Å²) in [4.78, 5) is 22.2. The zero-order valence-electron chi connectivity index (χ0n) is 19.2. The van der Waals surface area contributed by atoms with Crippen LogP contribution < -0.4 is 0 Å². The van der Waals surface area contributed by atoms with Gasteiger partial charge in [-0.1, -0.05) is 56.2 Å². The van der Waals surface area contributed by atoms with Crippen molar-refractivity contribution in [2.45, 2.75) is 96.4 Å². The van der Waals surface area contributed by atoms with E-state index in [1.54, 1.807) is 0 Å². The third-order valence-corrected chi connectivity index (χ3v) is 4.84. The quantitative estimate of drug-likeness (QED) is 0.144. The number of epoxide rings is 1. The van der Waals surface area contributed by atoms with Gasteiger partial charge < -0.3 is 19.3 Å². The maximum absolute atomic E-state index is 11.6. The zero-order chi connectivity index (χ0) is 22.7. The Bertz CT molecular complexity index is 581. The van der Waals surface area contributed by atoms with Crippen molar-refractivity contribution in [1.29, 1.82) is 0 Å². The van der Waals surface area contributed by atoms with Crippen LogP contribution in [-0.4, -0.2) is 48.6 Å². The molecule has 3 atom stereocenters. The molecule has 1 heterocycles. The average Bonchev–Trinajstić information content (AvgIpc) is 3.50. The highest BCUT2D eigenvalue weighted by molar-refractivity contribution is 5.69. The van der Waals surface area contributed by atoms with Crippen LogP contribution in [0, 0.1) is 0 Å². The largest absolute Gasteiger partial charge is 0.463 e. The first kappa shape index (κ1) is 27.1. The van der Waals surface area contributed by atoms with Gasteiger partial charge in [-0.05, 0) is 44.9 Å². The first-order valence-corrected chi connectivity index (χ1v) is 11.6. The summed E-state index contributed by atoms with van der Waals surface area (Å²) in [5, 5.41) is 9.50. The Morgan fingerprint density at radius 1 is 0.903 bits per heavy atom. The lowest BCUT2D eigenvalue weighted by Crippen LogP contribution is -2.24. The summed E-state index contributed by atoms with van der Waals surface area (Å²) in [6, 6.07) is 0. The Morgan fingerprint density at radius 2 is 1.52 bits per heavy atom. The minimum atomic E-state index is -0.983. The predicted molar refractivity (Wildman–Crippen MR) is 122 cm³/mol. The number of carbonyl (C=O) groups is 2. The molecular formula is C25H40O6. The number of unbranched alkanes of at least 4 members (excludes halogenated alkanes) is 4. The molecule has 0 aromatic rings. The molecule has 0 spiro atoms. The van der Waals surface area contributed by atoms with Crippen molar-refractivity contribution in [3.8, 4) is 0 Å². The average molecular weight is 437 g/mol. The highest BCUT2D eigenvalue weighted by Gasteiger charge is 2.35. The van der Waals surface area contributed by atoms with E-state index in [1.165, 1.54) is 32.6 Å². The van der Waals surface area contributed by atoms with Gasteiger partial charge in [0.05, 0.1) is 12.2 Å². The number of aliphatic hydroxyl groups is 1. The van der Waals surface area contributed by atoms with Crippen molar-refractivity contribution in [2.75, 3.05) is 13.2 Å². The maximum Gasteiger partial charge on any atom is 0.305 e. The van der Waals surface area contributed by atoms with E-state index in [1.807, 2.05) is 0 Å². The van der Waals surface area contributed by atoms with E-state index < -0.39 is 12.1 Å². The number of esters is 2. The van der Waals surface area contributed by atoms with Crippen LogP contribution in [0.1, 0.15) is 78.1 Å². The van der Waals surface area contributed by atoms with Crippen molar-refractivity contribution < 1.29 is 28.9 Å². The second-order valence-electron chi connectivity index (χ2n) is 7.86. The van der Waals surface area contributed by atoms with E-state index in [2.05, 4.69) is 48.1 Å². The predicted octanol–water partition coefficient (Wildman–Crippen LogP) is 4.81. The van der Waals surface area contributed by atoms with E-state index in [4.69, 9.17) is 9.47 Å². The first-order valence-electron chi connectivity index (χ1n) is 11.6. The third kappa shape index (κ3) is 16.4. The van der Waals surface area contributed by atoms with Gasteiger partial charge in [-0.2, -0.15) is 0 Å². The third-order valence-electron chi connectivity index (χ3n) is 4.84. The van der Waals surface area contributed by atoms with Crippen molar-refractivity contribution in [3.63, 3.8) is 0 Å². The molecule has 6 heteroatoms. The molecule has 1 N–H and O–H groups in total. The second kappa shape index (κ2) is 17.7. The SMILES string of the molecule is CCCCC/C=C\CC1OC1C/C=C\C/C=C\CCCC(=O)OC[C@H](O)COC(C)=O. The Balaban J connectivity index is 1.93. The molecule has 1 aliphatic heterocycles. The summed E-state index contributed by atoms with van der Waals surface area (Å²) in [5.41, 5.74) is 0. The smallest absolute Gasteiger partial charge is 0.305 e. The van der Waals surface area contributed by atoms with Crippen molar-refractivity contribution in [2.24, 2.45) is 0 Å². The van der Waals surface area contributed by atoms with E-state index in [0.29, 0.717) is 25.0 Å². The van der Waals surface area contributed by atoms with Gasteiger partial charge in [-0.25, -0.2) is 0 Å². The molecule has 6 nitrogen and oxygen atoms in total. The van der Waals surface area contributed by atoms with Gasteiger partial charge in [0, 0.05) is 13.3 Å². The zero-order valence-corrected chi connectivity index (χ0v) is 19.2. The number of ether oxygens (including phenoxy) is 3. The Morgan fingerprint density at radius 3 is 2.23 bits per heavy atom. The summed E-state index contributed by atoms with van der Waals surface area (Å²) in [5.74, 6) is -0.831. The topological polar surface area (TPSA) is 85.4 Å². The van der Waals surface area contributed by atoms with Gasteiger partial charge in [0.1, 0.15) is 19.3 Å². The van der Waals surface area contributed by atoms with Crippen LogP contribution in [0.3, 0.4) is 0 Å². The standard InChI is InChI=1S/C25H40O6/c1-3-4-5-6-10-13-16-23-24(31-23)17-14-11-8-7-9-12-15-18-25(28)30-20-22(27)19-29-21(2)26/h7,9-11,13-14,22-24,27H,3-6,8,12,15-20H2,1-2H3/b9-7-,13-10-,14-11-/t22-,23?,24?/m1/s1. The van der Waals surface area contributed by atoms with E-state index in [-0.39, 0.29) is 19.2 Å². The molecule has 2 unspecified atom stereocenters. The van der Waals surface area contributed by atoms with E-state index >= 15 is 0 Å². The van der Waals surface area contributed by atoms with Gasteiger partial charge in [-0.3, -0.25) is 9.59 Å². The Hall–Kier alpha value is -1.92. The minimum absolute atomic E-state index is 0.159. The molecule has 176 valence electrons. The maximum atomic E-state index is 11.6. The van der Waals surface area contributed by atoms with E-state index in [9.17, 15) is 14.7 Å². The molecule has 1 fully saturated rings. The van der Waals surface area contributed by atoms with Crippen LogP contribution in [0.5, 0.6) is 0 Å². The molecule has 1 aliphatic rings. The molecular weight excluding hydrogens is 396 g/mol. The molecule has 31 heavy (non-hydrogen) atoms. The fourth-order valence-corrected chi connectivity index (χ4v) is 2.96. The number of hydrogen-bond acceptors (Lipinski definition) is 6. The van der Waals surface area contributed by atoms with Crippen LogP contribution >= 0.6 is 0 Å². The molecule has 0 radical (unpaired) electrons. The van der Waals surface area contributed by atoms with Crippen molar-refractivity contribution >= 4 is 11.9 Å². The lowest BCUT2D eigenvalue weighted by atomic mass is 10.1. The van der Waals surface area contributed by atoms with Crippen LogP contribution in [0.2, 0.25) is 0 Å². The monoisotopic (exact) mass is 436 g/mol. The molecule has 0 amide bonds. The lowest BCUT2D eigenvalue weighted by Gasteiger charge is -2.10. The summed E-state index contributed by atoms with van der Waals surface area (Å²) < 4.78 is 15.3. The van der Waals surface area contributed by atoms with Crippen LogP contribution in [0.15, 0.2) is 36.5 Å². The lowest BCUT2D eigenvalue weighted by molar-refractivity contribution is -0.151. The van der Waals surface area contributed by atoms with Crippen molar-refractivity contribution in [1.82, 2.24) is 0 Å². The van der Waals surface area contributed by atoms with Gasteiger partial charge in [-0.15, -0.1) is 0 Å². The summed E-state index contributed by atoms with van der Waals surface area (Å²) in [6.45, 7) is 3.16. The minimum Gasteiger partial charge on any atom is -0.463 e. The summed E-state index contributed by atoms with van der Waals surface area (Å²) in [6.07, 6.45) is 22.5. The van der Waals surface area contributed by atoms with Crippen LogP contribution in [-0.2, 0) is 23.8 Å². The number of carbonyl (C=O) groups excluding carboxylic acids is 2. The molecule has 1 saturated heterocycles.